The van der Waals surface area contributed by atoms with Crippen molar-refractivity contribution in [3.63, 3.8) is 0 Å². The van der Waals surface area contributed by atoms with Crippen molar-refractivity contribution in [3.05, 3.63) is 35.4 Å². The average molecular weight is 578 g/mol. The van der Waals surface area contributed by atoms with E-state index in [2.05, 4.69) is 15.5 Å². The molecule has 0 radical (unpaired) electrons. The van der Waals surface area contributed by atoms with Gasteiger partial charge < -0.3 is 30.5 Å². The van der Waals surface area contributed by atoms with Gasteiger partial charge in [-0.15, -0.1) is 0 Å². The molecule has 11 nitrogen and oxygen atoms in total. The summed E-state index contributed by atoms with van der Waals surface area (Å²) >= 11 is 0. The van der Waals surface area contributed by atoms with Crippen LogP contribution in [0.1, 0.15) is 31.2 Å². The van der Waals surface area contributed by atoms with Gasteiger partial charge in [0.2, 0.25) is 17.7 Å². The van der Waals surface area contributed by atoms with Crippen molar-refractivity contribution in [1.29, 1.82) is 0 Å². The molecule has 1 aromatic rings. The molecule has 4 saturated heterocycles. The summed E-state index contributed by atoms with van der Waals surface area (Å²) in [7, 11) is 0. The molecule has 0 spiro atoms. The molecule has 6 bridgehead atoms. The van der Waals surface area contributed by atoms with E-state index >= 15 is 0 Å². The molecule has 224 valence electrons. The van der Waals surface area contributed by atoms with Crippen molar-refractivity contribution in [2.75, 3.05) is 39.3 Å². The number of halogens is 2. The van der Waals surface area contributed by atoms with Crippen LogP contribution in [-0.2, 0) is 25.7 Å². The number of hydrogen-bond donors (Lipinski definition) is 4. The summed E-state index contributed by atoms with van der Waals surface area (Å²) < 4.78 is 33.2. The minimum absolute atomic E-state index is 0.0889. The molecule has 5 aliphatic rings. The standard InChI is InChI=1S/C28H37F2N5O6/c29-18-4-3-16(7-19(18)30)12-33-5-6-34-14-21(33)27(39)31-10-23-26(38)25(37)22(41-23)9-24(36)32-17-8-20(28(34)40)35(13-17)11-15-1-2-15/h3-4,7,15,17,20-23,25-26,37-38H,1-2,5-6,8-14H2,(H,31,39)(H,32,36)/t17-,20-,21-,22-,23+,25-,26+/m0/s1. The van der Waals surface area contributed by atoms with Gasteiger partial charge >= 0.3 is 0 Å². The van der Waals surface area contributed by atoms with Crippen LogP contribution >= 0.6 is 0 Å². The Balaban J connectivity index is 1.26. The Kier molecular flexibility index (Phi) is 7.98. The number of rotatable bonds is 4. The van der Waals surface area contributed by atoms with Crippen LogP contribution in [-0.4, -0.2) is 124 Å². The third-order valence-corrected chi connectivity index (χ3v) is 9.04. The van der Waals surface area contributed by atoms with Gasteiger partial charge in [-0.05, 0) is 42.9 Å². The predicted molar refractivity (Wildman–Crippen MR) is 140 cm³/mol. The maximum absolute atomic E-state index is 13.9. The van der Waals surface area contributed by atoms with Crippen molar-refractivity contribution in [2.45, 2.75) is 74.8 Å². The number of carbonyl (C=O) groups is 3. The third-order valence-electron chi connectivity index (χ3n) is 9.04. The van der Waals surface area contributed by atoms with E-state index < -0.39 is 54.0 Å². The zero-order valence-corrected chi connectivity index (χ0v) is 22.8. The highest BCUT2D eigenvalue weighted by atomic mass is 19.2. The van der Waals surface area contributed by atoms with Gasteiger partial charge in [0, 0.05) is 51.9 Å². The van der Waals surface area contributed by atoms with Gasteiger partial charge in [-0.25, -0.2) is 8.78 Å². The minimum atomic E-state index is -1.29. The highest BCUT2D eigenvalue weighted by Gasteiger charge is 2.47. The summed E-state index contributed by atoms with van der Waals surface area (Å²) in [4.78, 5) is 45.9. The largest absolute Gasteiger partial charge is 0.388 e. The molecule has 4 N–H and O–H groups in total. The first-order chi connectivity index (χ1) is 19.7. The quantitative estimate of drug-likeness (QED) is 0.357. The van der Waals surface area contributed by atoms with E-state index in [0.717, 1.165) is 31.5 Å². The summed E-state index contributed by atoms with van der Waals surface area (Å²) in [6.07, 6.45) is -1.95. The lowest BCUT2D eigenvalue weighted by molar-refractivity contribution is -0.142. The van der Waals surface area contributed by atoms with E-state index in [1.165, 1.54) is 6.07 Å². The monoisotopic (exact) mass is 577 g/mol. The van der Waals surface area contributed by atoms with E-state index in [4.69, 9.17) is 4.74 Å². The van der Waals surface area contributed by atoms with Crippen LogP contribution in [0.5, 0.6) is 0 Å². The fraction of sp³-hybridized carbons (Fsp3) is 0.679. The Labute approximate surface area is 236 Å². The molecular formula is C28H37F2N5O6. The number of nitrogens with zero attached hydrogens (tertiary/aromatic N) is 3. The number of ether oxygens (including phenoxy) is 1. The van der Waals surface area contributed by atoms with Crippen LogP contribution in [0.15, 0.2) is 18.2 Å². The Morgan fingerprint density at radius 3 is 2.49 bits per heavy atom. The summed E-state index contributed by atoms with van der Waals surface area (Å²) in [5.41, 5.74) is 0.495. The molecule has 5 fully saturated rings. The summed E-state index contributed by atoms with van der Waals surface area (Å²) in [5.74, 6) is -2.23. The van der Waals surface area contributed by atoms with Crippen molar-refractivity contribution < 1.29 is 38.1 Å². The maximum Gasteiger partial charge on any atom is 0.240 e. The first-order valence-electron chi connectivity index (χ1n) is 14.5. The molecule has 4 aliphatic heterocycles. The predicted octanol–water partition coefficient (Wildman–Crippen LogP) is -1.04. The molecule has 6 rings (SSSR count). The molecule has 4 heterocycles. The molecule has 0 aromatic heterocycles. The smallest absolute Gasteiger partial charge is 0.240 e. The van der Waals surface area contributed by atoms with Gasteiger partial charge in [0.25, 0.3) is 0 Å². The molecule has 3 amide bonds. The lowest BCUT2D eigenvalue weighted by Crippen LogP contribution is -2.62. The third kappa shape index (κ3) is 6.09. The Hall–Kier alpha value is -2.71. The number of fused-ring (bicyclic) bond motifs is 6. The fourth-order valence-corrected chi connectivity index (χ4v) is 6.59. The fourth-order valence-electron chi connectivity index (χ4n) is 6.59. The second-order valence-corrected chi connectivity index (χ2v) is 12.1. The van der Waals surface area contributed by atoms with Gasteiger partial charge in [0.1, 0.15) is 24.4 Å². The molecule has 7 atom stereocenters. The lowest BCUT2D eigenvalue weighted by atomic mass is 10.0. The molecular weight excluding hydrogens is 540 g/mol. The molecule has 1 aromatic carbocycles. The number of aliphatic hydroxyl groups excluding tert-OH is 2. The number of nitrogens with one attached hydrogen (secondary N) is 2. The lowest BCUT2D eigenvalue weighted by Gasteiger charge is -2.42. The zero-order chi connectivity index (χ0) is 28.8. The number of piperazine rings is 1. The van der Waals surface area contributed by atoms with Crippen molar-refractivity contribution in [1.82, 2.24) is 25.3 Å². The normalized spacial score (nSPS) is 35.5. The van der Waals surface area contributed by atoms with Crippen LogP contribution < -0.4 is 10.6 Å². The van der Waals surface area contributed by atoms with Gasteiger partial charge in [-0.1, -0.05) is 6.07 Å². The highest BCUT2D eigenvalue weighted by Crippen LogP contribution is 2.33. The van der Waals surface area contributed by atoms with Crippen LogP contribution in [0.3, 0.4) is 0 Å². The van der Waals surface area contributed by atoms with Gasteiger partial charge in [0.05, 0.1) is 18.6 Å². The van der Waals surface area contributed by atoms with Gasteiger partial charge in [0.15, 0.2) is 11.6 Å². The molecule has 13 heteroatoms. The number of hydrogen-bond acceptors (Lipinski definition) is 8. The van der Waals surface area contributed by atoms with Crippen LogP contribution in [0.25, 0.3) is 0 Å². The second-order valence-electron chi connectivity index (χ2n) is 12.1. The molecule has 1 aliphatic carbocycles. The SMILES string of the molecule is O=C1C[C@@H]2O[C@H](CNC(=O)[C@@H]3CN(CCN3Cc3ccc(F)c(F)c3)C(=O)[C@@H]3C[C@@H](CN3CC3CC3)N1)[C@@H](O)[C@H]2O. The molecule has 1 saturated carbocycles. The first kappa shape index (κ1) is 28.4. The summed E-state index contributed by atoms with van der Waals surface area (Å²) in [6, 6.07) is 2.14. The number of benzene rings is 1. The molecule has 41 heavy (non-hydrogen) atoms. The van der Waals surface area contributed by atoms with Crippen LogP contribution in [0, 0.1) is 17.6 Å². The average Bonchev–Trinajstić information content (AvgIpc) is 3.62. The number of amides is 3. The van der Waals surface area contributed by atoms with Crippen molar-refractivity contribution in [3.8, 4) is 0 Å². The second kappa shape index (κ2) is 11.5. The summed E-state index contributed by atoms with van der Waals surface area (Å²) in [5, 5.41) is 26.9. The Morgan fingerprint density at radius 1 is 0.951 bits per heavy atom. The van der Waals surface area contributed by atoms with Crippen molar-refractivity contribution in [2.24, 2.45) is 5.92 Å². The van der Waals surface area contributed by atoms with Crippen molar-refractivity contribution >= 4 is 17.7 Å². The van der Waals surface area contributed by atoms with E-state index in [9.17, 15) is 33.4 Å². The Bertz CT molecular complexity index is 1190. The van der Waals surface area contributed by atoms with Gasteiger partial charge in [-0.2, -0.15) is 0 Å². The number of aliphatic hydroxyl groups is 2. The topological polar surface area (TPSA) is 135 Å². The highest BCUT2D eigenvalue weighted by molar-refractivity contribution is 5.86. The van der Waals surface area contributed by atoms with Crippen LogP contribution in [0.2, 0.25) is 0 Å². The van der Waals surface area contributed by atoms with Gasteiger partial charge in [-0.3, -0.25) is 24.2 Å². The van der Waals surface area contributed by atoms with E-state index in [0.29, 0.717) is 37.5 Å². The van der Waals surface area contributed by atoms with E-state index in [1.807, 2.05) is 4.90 Å². The molecule has 0 unspecified atom stereocenters. The van der Waals surface area contributed by atoms with Crippen LogP contribution in [0.4, 0.5) is 8.78 Å². The minimum Gasteiger partial charge on any atom is -0.388 e. The number of likely N-dealkylation sites (tertiary alicyclic amines) is 1. The van der Waals surface area contributed by atoms with E-state index in [-0.39, 0.29) is 43.9 Å². The maximum atomic E-state index is 13.9. The zero-order valence-electron chi connectivity index (χ0n) is 22.8. The Morgan fingerprint density at radius 2 is 1.73 bits per heavy atom. The summed E-state index contributed by atoms with van der Waals surface area (Å²) in [6.45, 7) is 2.14. The van der Waals surface area contributed by atoms with E-state index in [1.54, 1.807) is 4.90 Å². The number of carbonyl (C=O) groups excluding carboxylic acids is 3. The first-order valence-corrected chi connectivity index (χ1v) is 14.5.